The molecule has 1 N–H and O–H groups in total. The molecule has 1 aromatic carbocycles. The molecule has 0 unspecified atom stereocenters. The van der Waals surface area contributed by atoms with Crippen molar-refractivity contribution in [2.45, 2.75) is 37.5 Å². The average molecular weight is 347 g/mol. The molecule has 25 heavy (non-hydrogen) atoms. The highest BCUT2D eigenvalue weighted by atomic mass is 16.7. The molecule has 0 atom stereocenters. The summed E-state index contributed by atoms with van der Waals surface area (Å²) in [5.41, 5.74) is 0.840. The van der Waals surface area contributed by atoms with Crippen LogP contribution in [0.3, 0.4) is 0 Å². The molecule has 1 saturated carbocycles. The second-order valence-electron chi connectivity index (χ2n) is 6.80. The number of ether oxygens (including phenoxy) is 2. The Morgan fingerprint density at radius 1 is 1.24 bits per heavy atom. The van der Waals surface area contributed by atoms with E-state index in [2.05, 4.69) is 5.32 Å². The molecular weight excluding hydrogens is 326 g/mol. The summed E-state index contributed by atoms with van der Waals surface area (Å²) in [5, 5.41) is 14.4. The molecule has 8 heteroatoms. The Hall–Kier alpha value is -2.19. The summed E-state index contributed by atoms with van der Waals surface area (Å²) in [7, 11) is 0. The number of rotatable bonds is 4. The zero-order chi connectivity index (χ0) is 17.4. The number of nitro benzene ring substituents is 1. The maximum absolute atomic E-state index is 12.1. The first-order valence-corrected chi connectivity index (χ1v) is 8.68. The van der Waals surface area contributed by atoms with E-state index < -0.39 is 10.7 Å². The topological polar surface area (TPSA) is 93.9 Å². The highest BCUT2D eigenvalue weighted by Crippen LogP contribution is 2.36. The second kappa shape index (κ2) is 6.27. The lowest BCUT2D eigenvalue weighted by atomic mass is 10.0. The smallest absolute Gasteiger partial charge is 0.293 e. The van der Waals surface area contributed by atoms with Crippen molar-refractivity contribution in [2.75, 3.05) is 31.2 Å². The highest BCUT2D eigenvalue weighted by molar-refractivity contribution is 5.96. The predicted octanol–water partition coefficient (Wildman–Crippen LogP) is 1.83. The lowest BCUT2D eigenvalue weighted by molar-refractivity contribution is -0.384. The van der Waals surface area contributed by atoms with Gasteiger partial charge in [-0.05, 0) is 25.0 Å². The summed E-state index contributed by atoms with van der Waals surface area (Å²) in [6, 6.07) is 4.93. The molecule has 0 aromatic heterocycles. The van der Waals surface area contributed by atoms with Gasteiger partial charge in [0, 0.05) is 43.6 Å². The largest absolute Gasteiger partial charge is 0.366 e. The van der Waals surface area contributed by atoms with E-state index in [-0.39, 0.29) is 17.6 Å². The van der Waals surface area contributed by atoms with Gasteiger partial charge in [0.2, 0.25) is 0 Å². The van der Waals surface area contributed by atoms with Crippen LogP contribution in [0.25, 0.3) is 0 Å². The molecule has 2 heterocycles. The lowest BCUT2D eigenvalue weighted by Crippen LogP contribution is -2.45. The van der Waals surface area contributed by atoms with Crippen molar-refractivity contribution in [2.24, 2.45) is 0 Å². The predicted molar refractivity (Wildman–Crippen MR) is 89.7 cm³/mol. The van der Waals surface area contributed by atoms with Crippen LogP contribution < -0.4 is 10.2 Å². The van der Waals surface area contributed by atoms with E-state index in [1.54, 1.807) is 12.1 Å². The summed E-state index contributed by atoms with van der Waals surface area (Å²) in [5.74, 6) is -0.766. The molecular formula is C17H21N3O5. The molecule has 0 radical (unpaired) electrons. The third kappa shape index (κ3) is 3.32. The van der Waals surface area contributed by atoms with Crippen LogP contribution in [-0.2, 0) is 9.47 Å². The third-order valence-corrected chi connectivity index (χ3v) is 5.03. The number of anilines is 1. The van der Waals surface area contributed by atoms with Crippen molar-refractivity contribution >= 4 is 17.3 Å². The molecule has 1 amide bonds. The number of nitrogens with one attached hydrogen (secondary N) is 1. The van der Waals surface area contributed by atoms with Gasteiger partial charge in [0.25, 0.3) is 11.6 Å². The minimum atomic E-state index is -0.518. The number of amides is 1. The first-order valence-electron chi connectivity index (χ1n) is 8.68. The fourth-order valence-electron chi connectivity index (χ4n) is 3.45. The van der Waals surface area contributed by atoms with Gasteiger partial charge in [-0.15, -0.1) is 0 Å². The fraction of sp³-hybridized carbons (Fsp3) is 0.588. The zero-order valence-electron chi connectivity index (χ0n) is 13.9. The van der Waals surface area contributed by atoms with Gasteiger partial charge in [0.15, 0.2) is 5.79 Å². The van der Waals surface area contributed by atoms with Crippen LogP contribution in [0, 0.1) is 10.1 Å². The second-order valence-corrected chi connectivity index (χ2v) is 6.80. The highest BCUT2D eigenvalue weighted by Gasteiger charge is 2.40. The molecule has 4 rings (SSSR count). The molecule has 1 aromatic rings. The van der Waals surface area contributed by atoms with Gasteiger partial charge in [-0.1, -0.05) is 0 Å². The van der Waals surface area contributed by atoms with Gasteiger partial charge in [0.05, 0.1) is 18.1 Å². The van der Waals surface area contributed by atoms with E-state index in [4.69, 9.17) is 9.47 Å². The van der Waals surface area contributed by atoms with E-state index in [1.165, 1.54) is 6.07 Å². The Bertz CT molecular complexity index is 688. The van der Waals surface area contributed by atoms with Crippen LogP contribution in [0.15, 0.2) is 18.2 Å². The molecule has 2 aliphatic heterocycles. The van der Waals surface area contributed by atoms with Crippen molar-refractivity contribution in [3.05, 3.63) is 33.9 Å². The zero-order valence-corrected chi connectivity index (χ0v) is 13.9. The van der Waals surface area contributed by atoms with Crippen LogP contribution in [-0.4, -0.2) is 49.0 Å². The Kier molecular flexibility index (Phi) is 4.09. The maximum atomic E-state index is 12.1. The standard InChI is InChI=1S/C17H21N3O5/c21-16(18-13-2-3-13)12-1-4-14(15(11-12)20(22)23)19-7-5-17(6-8-19)24-9-10-25-17/h1,4,11,13H,2-3,5-10H2,(H,18,21). The summed E-state index contributed by atoms with van der Waals surface area (Å²) in [4.78, 5) is 25.2. The minimum Gasteiger partial charge on any atom is -0.366 e. The van der Waals surface area contributed by atoms with Gasteiger partial charge in [-0.25, -0.2) is 0 Å². The van der Waals surface area contributed by atoms with E-state index in [0.29, 0.717) is 50.4 Å². The van der Waals surface area contributed by atoms with Crippen molar-refractivity contribution in [3.63, 3.8) is 0 Å². The Morgan fingerprint density at radius 3 is 2.52 bits per heavy atom. The summed E-state index contributed by atoms with van der Waals surface area (Å²) < 4.78 is 11.4. The monoisotopic (exact) mass is 347 g/mol. The number of nitro groups is 1. The molecule has 134 valence electrons. The average Bonchev–Trinajstić information content (AvgIpc) is 3.32. The Balaban J connectivity index is 1.52. The van der Waals surface area contributed by atoms with Crippen molar-refractivity contribution in [3.8, 4) is 0 Å². The first kappa shape index (κ1) is 16.3. The number of hydrogen-bond donors (Lipinski definition) is 1. The summed E-state index contributed by atoms with van der Waals surface area (Å²) in [6.45, 7) is 2.44. The molecule has 0 bridgehead atoms. The van der Waals surface area contributed by atoms with Crippen molar-refractivity contribution in [1.29, 1.82) is 0 Å². The van der Waals surface area contributed by atoms with Gasteiger partial charge in [0.1, 0.15) is 5.69 Å². The van der Waals surface area contributed by atoms with E-state index in [1.807, 2.05) is 4.90 Å². The number of carbonyl (C=O) groups is 1. The SMILES string of the molecule is O=C(NC1CC1)c1ccc(N2CCC3(CC2)OCCO3)c([N+](=O)[O-])c1. The molecule has 8 nitrogen and oxygen atoms in total. The van der Waals surface area contributed by atoms with Crippen molar-refractivity contribution < 1.29 is 19.2 Å². The normalized spacial score (nSPS) is 22.2. The molecule has 3 aliphatic rings. The lowest BCUT2D eigenvalue weighted by Gasteiger charge is -2.38. The van der Waals surface area contributed by atoms with Gasteiger partial charge in [-0.3, -0.25) is 14.9 Å². The van der Waals surface area contributed by atoms with Crippen LogP contribution in [0.4, 0.5) is 11.4 Å². The van der Waals surface area contributed by atoms with E-state index >= 15 is 0 Å². The van der Waals surface area contributed by atoms with Gasteiger partial charge >= 0.3 is 0 Å². The molecule has 1 spiro atoms. The van der Waals surface area contributed by atoms with Crippen LogP contribution >= 0.6 is 0 Å². The maximum Gasteiger partial charge on any atom is 0.293 e. The number of nitrogens with zero attached hydrogens (tertiary/aromatic N) is 2. The first-order chi connectivity index (χ1) is 12.1. The Morgan fingerprint density at radius 2 is 1.92 bits per heavy atom. The molecule has 1 aliphatic carbocycles. The van der Waals surface area contributed by atoms with Gasteiger partial charge < -0.3 is 19.7 Å². The van der Waals surface area contributed by atoms with E-state index in [0.717, 1.165) is 12.8 Å². The molecule has 3 fully saturated rings. The summed E-state index contributed by atoms with van der Waals surface area (Å²) in [6.07, 6.45) is 3.30. The third-order valence-electron chi connectivity index (χ3n) is 5.03. The number of piperidine rings is 1. The fourth-order valence-corrected chi connectivity index (χ4v) is 3.45. The number of benzene rings is 1. The minimum absolute atomic E-state index is 0.0346. The van der Waals surface area contributed by atoms with E-state index in [9.17, 15) is 14.9 Å². The van der Waals surface area contributed by atoms with Gasteiger partial charge in [-0.2, -0.15) is 0 Å². The molecule has 2 saturated heterocycles. The van der Waals surface area contributed by atoms with Crippen LogP contribution in [0.1, 0.15) is 36.0 Å². The van der Waals surface area contributed by atoms with Crippen LogP contribution in [0.2, 0.25) is 0 Å². The number of hydrogen-bond acceptors (Lipinski definition) is 6. The van der Waals surface area contributed by atoms with Crippen LogP contribution in [0.5, 0.6) is 0 Å². The summed E-state index contributed by atoms with van der Waals surface area (Å²) >= 11 is 0. The quantitative estimate of drug-likeness (QED) is 0.660. The Labute approximate surface area is 145 Å². The van der Waals surface area contributed by atoms with Crippen molar-refractivity contribution in [1.82, 2.24) is 5.32 Å². The number of carbonyl (C=O) groups excluding carboxylic acids is 1.